The monoisotopic (exact) mass is 348 g/mol. The molecule has 4 N–H and O–H groups in total. The van der Waals surface area contributed by atoms with Gasteiger partial charge in [-0.25, -0.2) is 0 Å². The molecule has 0 aromatic carbocycles. The average Bonchev–Trinajstić information content (AvgIpc) is 2.18. The summed E-state index contributed by atoms with van der Waals surface area (Å²) in [7, 11) is 0. The number of hydrogen-bond acceptors (Lipinski definition) is 5. The fourth-order valence-electron chi connectivity index (χ4n) is 1.36. The molecule has 1 heterocycles. The molecule has 0 radical (unpaired) electrons. The molecule has 15 heavy (non-hydrogen) atoms. The first-order chi connectivity index (χ1) is 6.97. The Bertz CT molecular complexity index is 203. The number of aliphatic hydroxyl groups is 4. The van der Waals surface area contributed by atoms with E-state index in [1.54, 1.807) is 0 Å². The summed E-state index contributed by atoms with van der Waals surface area (Å²) in [6.45, 7) is -0.335. The van der Waals surface area contributed by atoms with Crippen molar-refractivity contribution < 1.29 is 25.2 Å². The summed E-state index contributed by atoms with van der Waals surface area (Å²) in [5.41, 5.74) is 4.29. The van der Waals surface area contributed by atoms with Crippen LogP contribution in [0.3, 0.4) is 0 Å². The van der Waals surface area contributed by atoms with Crippen LogP contribution >= 0.6 is 0 Å². The van der Waals surface area contributed by atoms with Crippen LogP contribution in [0.15, 0.2) is 0 Å². The predicted octanol–water partition coefficient (Wildman–Crippen LogP) is -2.26. The van der Waals surface area contributed by atoms with Gasteiger partial charge in [0.2, 0.25) is 0 Å². The number of rotatable bonds is 3. The first-order valence-electron chi connectivity index (χ1n) is 4.62. The minimum absolute atomic E-state index is 0.154. The molecule has 5 nitrogen and oxygen atoms in total. The third-order valence-electron chi connectivity index (χ3n) is 2.16. The molecule has 0 aromatic heterocycles. The van der Waals surface area contributed by atoms with Gasteiger partial charge in [-0.3, -0.25) is 0 Å². The summed E-state index contributed by atoms with van der Waals surface area (Å²) in [4.78, 5) is 0. The van der Waals surface area contributed by atoms with Gasteiger partial charge in [-0.2, -0.15) is 0 Å². The Kier molecular flexibility index (Phi) is 5.56. The van der Waals surface area contributed by atoms with Crippen molar-refractivity contribution in [3.63, 3.8) is 0 Å². The average molecular weight is 347 g/mol. The molecule has 0 saturated carbocycles. The first kappa shape index (κ1) is 13.9. The molecule has 1 saturated heterocycles. The minimum atomic E-state index is -1.21. The molecule has 0 unspecified atom stereocenters. The predicted molar refractivity (Wildman–Crippen MR) is 57.0 cm³/mol. The van der Waals surface area contributed by atoms with Crippen LogP contribution in [-0.4, -0.2) is 82.2 Å². The molecule has 0 spiro atoms. The summed E-state index contributed by atoms with van der Waals surface area (Å²) in [5, 5.41) is 37.3. The van der Waals surface area contributed by atoms with Gasteiger partial charge in [0.15, 0.2) is 0 Å². The quantitative estimate of drug-likeness (QED) is 0.433. The van der Waals surface area contributed by atoms with Crippen LogP contribution in [0.5, 0.6) is 0 Å². The van der Waals surface area contributed by atoms with Crippen LogP contribution in [0.1, 0.15) is 0 Å². The topological polar surface area (TPSA) is 90.2 Å². The summed E-state index contributed by atoms with van der Waals surface area (Å²) < 4.78 is 5.40. The molecule has 5 atom stereocenters. The maximum absolute atomic E-state index is 9.69. The van der Waals surface area contributed by atoms with Crippen LogP contribution in [-0.2, 0) is 4.74 Å². The standard InChI is InChI=1S/C8H17AsO5Se/c1-9(2)15-8-7(13)6(12)5(11)4(3-10)14-8/h4-8,10-13H,3H2,1-2H3/t4-,5-,6+,7-,8+/m1/s1. The van der Waals surface area contributed by atoms with Crippen LogP contribution in [0, 0.1) is 0 Å². The fraction of sp³-hybridized carbons (Fsp3) is 1.00. The molecule has 0 aliphatic carbocycles. The molecule has 1 rings (SSSR count). The van der Waals surface area contributed by atoms with Crippen LogP contribution in [0.4, 0.5) is 0 Å². The molecular weight excluding hydrogens is 330 g/mol. The van der Waals surface area contributed by atoms with Crippen molar-refractivity contribution in [2.45, 2.75) is 40.8 Å². The molecule has 1 aliphatic heterocycles. The molecule has 0 bridgehead atoms. The zero-order valence-electron chi connectivity index (χ0n) is 8.65. The molecule has 7 heteroatoms. The summed E-state index contributed by atoms with van der Waals surface area (Å²) in [6.07, 6.45) is -4.22. The van der Waals surface area contributed by atoms with Crippen molar-refractivity contribution in [2.24, 2.45) is 0 Å². The van der Waals surface area contributed by atoms with Crippen molar-refractivity contribution in [1.82, 2.24) is 0 Å². The fourth-order valence-corrected chi connectivity index (χ4v) is 9.67. The number of hydrogen-bond donors (Lipinski definition) is 4. The van der Waals surface area contributed by atoms with E-state index in [2.05, 4.69) is 11.4 Å². The van der Waals surface area contributed by atoms with Crippen LogP contribution in [0.2, 0.25) is 11.4 Å². The second kappa shape index (κ2) is 5.99. The summed E-state index contributed by atoms with van der Waals surface area (Å²) >= 11 is -0.773. The van der Waals surface area contributed by atoms with E-state index in [4.69, 9.17) is 9.84 Å². The van der Waals surface area contributed by atoms with Gasteiger partial charge < -0.3 is 0 Å². The zero-order chi connectivity index (χ0) is 11.6. The molecule has 0 amide bonds. The van der Waals surface area contributed by atoms with Gasteiger partial charge in [0.1, 0.15) is 0 Å². The Balaban J connectivity index is 2.65. The van der Waals surface area contributed by atoms with Gasteiger partial charge in [-0.15, -0.1) is 0 Å². The Hall–Kier alpha value is 0.878. The van der Waals surface area contributed by atoms with E-state index in [1.165, 1.54) is 0 Å². The Morgan fingerprint density at radius 3 is 2.20 bits per heavy atom. The zero-order valence-corrected chi connectivity index (χ0v) is 12.2. The maximum atomic E-state index is 9.69. The van der Waals surface area contributed by atoms with Gasteiger partial charge >= 0.3 is 98.3 Å². The Labute approximate surface area is 98.3 Å². The van der Waals surface area contributed by atoms with E-state index in [0.717, 1.165) is 0 Å². The van der Waals surface area contributed by atoms with Gasteiger partial charge in [-0.1, -0.05) is 0 Å². The van der Waals surface area contributed by atoms with E-state index in [9.17, 15) is 15.3 Å². The van der Waals surface area contributed by atoms with Gasteiger partial charge in [-0.05, 0) is 0 Å². The van der Waals surface area contributed by atoms with E-state index < -0.39 is 42.2 Å². The molecule has 90 valence electrons. The van der Waals surface area contributed by atoms with E-state index >= 15 is 0 Å². The van der Waals surface area contributed by atoms with Crippen LogP contribution in [0.25, 0.3) is 0 Å². The first-order valence-corrected chi connectivity index (χ1v) is 14.1. The van der Waals surface area contributed by atoms with E-state index in [1.807, 2.05) is 0 Å². The number of ether oxygens (including phenoxy) is 1. The van der Waals surface area contributed by atoms with Crippen molar-refractivity contribution in [1.29, 1.82) is 0 Å². The second-order valence-corrected chi connectivity index (χ2v) is 18.7. The SMILES string of the molecule is C[As](C)[Se][C@@H]1O[C@H](CO)[C@@H](O)[C@H](O)[C@H]1O. The van der Waals surface area contributed by atoms with Crippen LogP contribution < -0.4 is 0 Å². The third kappa shape index (κ3) is 3.42. The molecule has 1 aliphatic rings. The third-order valence-corrected chi connectivity index (χ3v) is 11.2. The molecular formula is C8H17AsO5Se. The Morgan fingerprint density at radius 1 is 1.13 bits per heavy atom. The Morgan fingerprint density at radius 2 is 1.73 bits per heavy atom. The van der Waals surface area contributed by atoms with Crippen molar-refractivity contribution in [3.05, 3.63) is 0 Å². The summed E-state index contributed by atoms with van der Waals surface area (Å²) in [5.74, 6) is 0. The van der Waals surface area contributed by atoms with Crippen molar-refractivity contribution in [2.75, 3.05) is 6.61 Å². The van der Waals surface area contributed by atoms with Crippen molar-refractivity contribution >= 4 is 25.7 Å². The van der Waals surface area contributed by atoms with Gasteiger partial charge in [0.25, 0.3) is 0 Å². The van der Waals surface area contributed by atoms with Gasteiger partial charge in [0.05, 0.1) is 0 Å². The molecule has 0 aromatic rings. The van der Waals surface area contributed by atoms with Crippen molar-refractivity contribution in [3.8, 4) is 0 Å². The summed E-state index contributed by atoms with van der Waals surface area (Å²) in [6, 6.07) is 0. The molecule has 1 fully saturated rings. The van der Waals surface area contributed by atoms with E-state index in [-0.39, 0.29) is 19.6 Å². The number of aliphatic hydroxyl groups excluding tert-OH is 4. The van der Waals surface area contributed by atoms with E-state index in [0.29, 0.717) is 0 Å². The normalized spacial score (nSPS) is 42.2. The van der Waals surface area contributed by atoms with Gasteiger partial charge in [0, 0.05) is 0 Å². The second-order valence-electron chi connectivity index (χ2n) is 3.62.